The predicted molar refractivity (Wildman–Crippen MR) is 105 cm³/mol. The number of aromatic nitrogens is 3. The zero-order chi connectivity index (χ0) is 18.9. The van der Waals surface area contributed by atoms with Gasteiger partial charge in [0.2, 0.25) is 0 Å². The van der Waals surface area contributed by atoms with Crippen LogP contribution in [0, 0.1) is 5.41 Å². The highest BCUT2D eigenvalue weighted by Gasteiger charge is 2.58. The van der Waals surface area contributed by atoms with E-state index in [1.165, 1.54) is 0 Å². The second-order valence-electron chi connectivity index (χ2n) is 7.51. The number of nitrogens with one attached hydrogen (secondary N) is 1. The quantitative estimate of drug-likeness (QED) is 0.754. The summed E-state index contributed by atoms with van der Waals surface area (Å²) in [5.41, 5.74) is 0.580. The van der Waals surface area contributed by atoms with Crippen LogP contribution in [0.15, 0.2) is 23.0 Å². The summed E-state index contributed by atoms with van der Waals surface area (Å²) in [6.07, 6.45) is 7.02. The molecule has 2 aromatic heterocycles. The number of ether oxygens (including phenoxy) is 1. The van der Waals surface area contributed by atoms with E-state index in [1.807, 2.05) is 11.1 Å². The van der Waals surface area contributed by atoms with Crippen molar-refractivity contribution in [1.29, 1.82) is 0 Å². The van der Waals surface area contributed by atoms with E-state index < -0.39 is 0 Å². The molecule has 2 fully saturated rings. The predicted octanol–water partition coefficient (Wildman–Crippen LogP) is 2.24. The van der Waals surface area contributed by atoms with E-state index in [0.29, 0.717) is 24.6 Å². The number of rotatable bonds is 7. The maximum atomic E-state index is 13.3. The Balaban J connectivity index is 0.00000225. The fourth-order valence-corrected chi connectivity index (χ4v) is 4.26. The summed E-state index contributed by atoms with van der Waals surface area (Å²) in [6.45, 7) is 5.75. The van der Waals surface area contributed by atoms with Crippen molar-refractivity contribution in [2.75, 3.05) is 20.2 Å². The number of imidazole rings is 1. The average Bonchev–Trinajstić information content (AvgIpc) is 3.06. The highest BCUT2D eigenvalue weighted by Crippen LogP contribution is 2.56. The van der Waals surface area contributed by atoms with Crippen LogP contribution in [0.5, 0.6) is 0 Å². The van der Waals surface area contributed by atoms with Crippen molar-refractivity contribution in [3.05, 3.63) is 35.7 Å². The van der Waals surface area contributed by atoms with Crippen LogP contribution in [0.3, 0.4) is 0 Å². The van der Waals surface area contributed by atoms with E-state index in [-0.39, 0.29) is 29.8 Å². The van der Waals surface area contributed by atoms with Crippen LogP contribution in [0.2, 0.25) is 0 Å². The Morgan fingerprint density at radius 3 is 2.96 bits per heavy atom. The molecule has 2 aliphatic rings. The molecule has 1 N–H and O–H groups in total. The Hall–Kier alpha value is -1.90. The Morgan fingerprint density at radius 1 is 1.46 bits per heavy atom. The van der Waals surface area contributed by atoms with Gasteiger partial charge in [0.1, 0.15) is 12.4 Å². The Bertz CT molecular complexity index is 799. The molecule has 1 saturated heterocycles. The molecule has 154 valence electrons. The Morgan fingerprint density at radius 2 is 2.25 bits per heavy atom. The topological polar surface area (TPSA) is 85.4 Å². The molecule has 3 heterocycles. The smallest absolute Gasteiger partial charge is 0.276 e. The fourth-order valence-electron chi connectivity index (χ4n) is 4.26. The highest BCUT2D eigenvalue weighted by molar-refractivity contribution is 5.92. The van der Waals surface area contributed by atoms with Crippen molar-refractivity contribution in [1.82, 2.24) is 24.9 Å². The summed E-state index contributed by atoms with van der Waals surface area (Å²) in [4.78, 5) is 19.7. The van der Waals surface area contributed by atoms with Gasteiger partial charge in [-0.15, -0.1) is 12.4 Å². The fraction of sp³-hybridized carbons (Fsp3) is 0.632. The van der Waals surface area contributed by atoms with Crippen molar-refractivity contribution in [3.8, 4) is 0 Å². The summed E-state index contributed by atoms with van der Waals surface area (Å²) in [5, 5.41) is 7.41. The van der Waals surface area contributed by atoms with Crippen LogP contribution < -0.4 is 5.32 Å². The third kappa shape index (κ3) is 3.94. The van der Waals surface area contributed by atoms with Gasteiger partial charge in [-0.1, -0.05) is 5.16 Å². The molecular weight excluding hydrogens is 382 g/mol. The second-order valence-corrected chi connectivity index (χ2v) is 7.51. The standard InChI is InChI=1S/C19H27N5O3.ClH/c1-3-23-9-8-21-17(23)12-24(16-11-19(16)4-6-20-7-5-19)18(25)15-10-14(13-26-2)27-22-15;/h8-10,16,20H,3-7,11-13H2,1-2H3;1H. The summed E-state index contributed by atoms with van der Waals surface area (Å²) in [5.74, 6) is 1.37. The van der Waals surface area contributed by atoms with Crippen molar-refractivity contribution in [3.63, 3.8) is 0 Å². The number of piperidine rings is 1. The molecule has 4 rings (SSSR count). The van der Waals surface area contributed by atoms with Crippen molar-refractivity contribution < 1.29 is 14.1 Å². The average molecular weight is 410 g/mol. The molecule has 0 aromatic carbocycles. The van der Waals surface area contributed by atoms with Gasteiger partial charge in [0.25, 0.3) is 5.91 Å². The molecule has 1 spiro atoms. The molecule has 1 aliphatic heterocycles. The largest absolute Gasteiger partial charge is 0.377 e. The van der Waals surface area contributed by atoms with Crippen molar-refractivity contribution in [2.24, 2.45) is 5.41 Å². The lowest BCUT2D eigenvalue weighted by molar-refractivity contribution is 0.0674. The van der Waals surface area contributed by atoms with Crippen LogP contribution >= 0.6 is 12.4 Å². The molecular formula is C19H28ClN5O3. The van der Waals surface area contributed by atoms with Gasteiger partial charge in [-0.3, -0.25) is 4.79 Å². The lowest BCUT2D eigenvalue weighted by atomic mass is 9.93. The zero-order valence-electron chi connectivity index (χ0n) is 16.4. The molecule has 28 heavy (non-hydrogen) atoms. The maximum Gasteiger partial charge on any atom is 0.276 e. The van der Waals surface area contributed by atoms with Gasteiger partial charge in [0.15, 0.2) is 11.5 Å². The lowest BCUT2D eigenvalue weighted by Crippen LogP contribution is -2.39. The molecule has 0 radical (unpaired) electrons. The summed E-state index contributed by atoms with van der Waals surface area (Å²) in [7, 11) is 1.59. The maximum absolute atomic E-state index is 13.3. The van der Waals surface area contributed by atoms with Crippen LogP contribution in [-0.2, 0) is 24.4 Å². The van der Waals surface area contributed by atoms with Gasteiger partial charge < -0.3 is 24.0 Å². The number of carbonyl (C=O) groups excluding carboxylic acids is 1. The highest BCUT2D eigenvalue weighted by atomic mass is 35.5. The van der Waals surface area contributed by atoms with E-state index in [0.717, 1.165) is 44.7 Å². The van der Waals surface area contributed by atoms with Gasteiger partial charge >= 0.3 is 0 Å². The van der Waals surface area contributed by atoms with Gasteiger partial charge in [-0.25, -0.2) is 4.98 Å². The number of halogens is 1. The number of carbonyl (C=O) groups is 1. The monoisotopic (exact) mass is 409 g/mol. The molecule has 8 nitrogen and oxygen atoms in total. The normalized spacial score (nSPS) is 20.0. The number of nitrogens with zero attached hydrogens (tertiary/aromatic N) is 4. The summed E-state index contributed by atoms with van der Waals surface area (Å²) < 4.78 is 12.4. The van der Waals surface area contributed by atoms with Crippen molar-refractivity contribution in [2.45, 2.75) is 51.9 Å². The number of amides is 1. The minimum absolute atomic E-state index is 0. The van der Waals surface area contributed by atoms with Gasteiger partial charge in [-0.2, -0.15) is 0 Å². The number of hydrogen-bond donors (Lipinski definition) is 1. The number of methoxy groups -OCH3 is 1. The minimum atomic E-state index is -0.0906. The number of hydrogen-bond acceptors (Lipinski definition) is 6. The van der Waals surface area contributed by atoms with Crippen LogP contribution in [0.4, 0.5) is 0 Å². The second kappa shape index (κ2) is 8.63. The Kier molecular flexibility index (Phi) is 6.42. The summed E-state index contributed by atoms with van der Waals surface area (Å²) >= 11 is 0. The SMILES string of the molecule is CCn1ccnc1CN(C(=O)c1cc(COC)on1)C1CC12CCNCC2.Cl. The van der Waals surface area contributed by atoms with Crippen LogP contribution in [-0.4, -0.2) is 51.8 Å². The van der Waals surface area contributed by atoms with Crippen molar-refractivity contribution >= 4 is 18.3 Å². The third-order valence-electron chi connectivity index (χ3n) is 5.90. The van der Waals surface area contributed by atoms with Gasteiger partial charge in [-0.05, 0) is 44.7 Å². The molecule has 1 unspecified atom stereocenters. The zero-order valence-corrected chi connectivity index (χ0v) is 17.2. The van der Waals surface area contributed by atoms with E-state index in [4.69, 9.17) is 9.26 Å². The number of aryl methyl sites for hydroxylation is 1. The molecule has 2 aromatic rings. The molecule has 1 atom stereocenters. The van der Waals surface area contributed by atoms with E-state index >= 15 is 0 Å². The molecule has 9 heteroatoms. The lowest BCUT2D eigenvalue weighted by Gasteiger charge is -2.29. The molecule has 1 aliphatic carbocycles. The minimum Gasteiger partial charge on any atom is -0.377 e. The molecule has 0 bridgehead atoms. The molecule has 1 amide bonds. The first-order chi connectivity index (χ1) is 13.2. The van der Waals surface area contributed by atoms with E-state index in [9.17, 15) is 4.79 Å². The van der Waals surface area contributed by atoms with Gasteiger partial charge in [0, 0.05) is 38.2 Å². The third-order valence-corrected chi connectivity index (χ3v) is 5.90. The first kappa shape index (κ1) is 20.8. The first-order valence-corrected chi connectivity index (χ1v) is 9.63. The van der Waals surface area contributed by atoms with Crippen LogP contribution in [0.1, 0.15) is 48.3 Å². The van der Waals surface area contributed by atoms with Crippen LogP contribution in [0.25, 0.3) is 0 Å². The van der Waals surface area contributed by atoms with E-state index in [2.05, 4.69) is 26.9 Å². The molecule has 1 saturated carbocycles. The van der Waals surface area contributed by atoms with E-state index in [1.54, 1.807) is 19.4 Å². The summed E-state index contributed by atoms with van der Waals surface area (Å²) in [6, 6.07) is 1.92. The van der Waals surface area contributed by atoms with Gasteiger partial charge in [0.05, 0.1) is 6.54 Å². The first-order valence-electron chi connectivity index (χ1n) is 9.63. The Labute approximate surface area is 171 Å².